The average molecular weight is 489 g/mol. The number of benzene rings is 3. The Labute approximate surface area is 214 Å². The maximum Gasteiger partial charge on any atom is 0.138 e. The fourth-order valence-corrected chi connectivity index (χ4v) is 5.42. The molecule has 1 aliphatic rings. The molecule has 7 nitrogen and oxygen atoms in total. The first-order chi connectivity index (χ1) is 18.3. The predicted molar refractivity (Wildman–Crippen MR) is 148 cm³/mol. The molecule has 0 aliphatic carbocycles. The highest BCUT2D eigenvalue weighted by atomic mass is 16.5. The first-order valence-electron chi connectivity index (χ1n) is 13.0. The van der Waals surface area contributed by atoms with Crippen LogP contribution in [0.3, 0.4) is 0 Å². The van der Waals surface area contributed by atoms with Crippen LogP contribution in [0.5, 0.6) is 5.75 Å². The number of nitrogens with zero attached hydrogens (tertiary/aromatic N) is 3. The van der Waals surface area contributed by atoms with E-state index in [1.165, 1.54) is 19.3 Å². The minimum Gasteiger partial charge on any atom is -0.492 e. The summed E-state index contributed by atoms with van der Waals surface area (Å²) in [6.45, 7) is 1.76. The van der Waals surface area contributed by atoms with Crippen LogP contribution < -0.4 is 10.1 Å². The van der Waals surface area contributed by atoms with Gasteiger partial charge >= 0.3 is 0 Å². The number of pyridine rings is 1. The van der Waals surface area contributed by atoms with Gasteiger partial charge in [-0.25, -0.2) is 0 Å². The van der Waals surface area contributed by atoms with Crippen molar-refractivity contribution in [1.29, 1.82) is 0 Å². The number of piperidine rings is 1. The standard InChI is InChI=1S/C30H28N6O/c1-2-11-31-24(3-1)10-12-37-30-25-15-20(19-4-7-27-22(13-19)16-33-35-27)5-9-29(25)32-18-26(30)21-6-8-28-23(14-21)17-34-36-28/h4-9,13-18,24,31H,1-3,10-12H2,(H,33,35)(H,34,36)/t24-/m1/s1. The molecule has 4 heterocycles. The van der Waals surface area contributed by atoms with Crippen molar-refractivity contribution in [3.05, 3.63) is 73.2 Å². The fourth-order valence-electron chi connectivity index (χ4n) is 5.42. The van der Waals surface area contributed by atoms with Crippen molar-refractivity contribution in [3.8, 4) is 28.0 Å². The van der Waals surface area contributed by atoms with Crippen molar-refractivity contribution in [2.24, 2.45) is 0 Å². The molecule has 1 saturated heterocycles. The summed E-state index contributed by atoms with van der Waals surface area (Å²) in [5, 5.41) is 21.2. The van der Waals surface area contributed by atoms with E-state index in [0.29, 0.717) is 12.6 Å². The Kier molecular flexibility index (Phi) is 5.55. The van der Waals surface area contributed by atoms with Gasteiger partial charge in [0.2, 0.25) is 0 Å². The monoisotopic (exact) mass is 488 g/mol. The Hall–Kier alpha value is -4.23. The number of aromatic amines is 2. The van der Waals surface area contributed by atoms with Crippen LogP contribution in [0.25, 0.3) is 55.0 Å². The number of H-pyrrole nitrogens is 2. The van der Waals surface area contributed by atoms with E-state index >= 15 is 0 Å². The molecule has 7 rings (SSSR count). The SMILES string of the molecule is c1cc2[nH]ncc2cc1-c1ccc2ncc(-c3ccc4[nH]ncc4c3)c(OCC[C@H]3CCCCN3)c2c1. The Morgan fingerprint density at radius 1 is 0.784 bits per heavy atom. The van der Waals surface area contributed by atoms with Crippen LogP contribution in [0.1, 0.15) is 25.7 Å². The van der Waals surface area contributed by atoms with Crippen LogP contribution in [0.2, 0.25) is 0 Å². The topological polar surface area (TPSA) is 91.5 Å². The summed E-state index contributed by atoms with van der Waals surface area (Å²) >= 11 is 0. The molecular formula is C30H28N6O. The van der Waals surface area contributed by atoms with E-state index in [4.69, 9.17) is 9.72 Å². The maximum absolute atomic E-state index is 6.63. The van der Waals surface area contributed by atoms with Crippen LogP contribution >= 0.6 is 0 Å². The van der Waals surface area contributed by atoms with Gasteiger partial charge in [-0.05, 0) is 78.9 Å². The summed E-state index contributed by atoms with van der Waals surface area (Å²) in [6, 6.07) is 19.6. The van der Waals surface area contributed by atoms with Crippen molar-refractivity contribution >= 4 is 32.7 Å². The molecule has 6 aromatic rings. The third-order valence-corrected chi connectivity index (χ3v) is 7.47. The number of hydrogen-bond donors (Lipinski definition) is 3. The van der Waals surface area contributed by atoms with E-state index in [0.717, 1.165) is 73.7 Å². The molecule has 1 fully saturated rings. The van der Waals surface area contributed by atoms with Crippen molar-refractivity contribution in [2.45, 2.75) is 31.7 Å². The van der Waals surface area contributed by atoms with Gasteiger partial charge in [0.05, 0.1) is 35.6 Å². The fraction of sp³-hybridized carbons (Fsp3) is 0.233. The molecule has 3 N–H and O–H groups in total. The summed E-state index contributed by atoms with van der Waals surface area (Å²) in [6.07, 6.45) is 10.4. The molecule has 0 amide bonds. The van der Waals surface area contributed by atoms with Crippen LogP contribution in [-0.2, 0) is 0 Å². The Balaban J connectivity index is 1.32. The van der Waals surface area contributed by atoms with Crippen LogP contribution in [0.4, 0.5) is 0 Å². The van der Waals surface area contributed by atoms with E-state index in [1.54, 1.807) is 0 Å². The number of nitrogens with one attached hydrogen (secondary N) is 3. The summed E-state index contributed by atoms with van der Waals surface area (Å²) in [5.41, 5.74) is 7.29. The van der Waals surface area contributed by atoms with E-state index in [1.807, 2.05) is 18.6 Å². The Bertz CT molecular complexity index is 1710. The molecule has 7 heteroatoms. The second kappa shape index (κ2) is 9.33. The summed E-state index contributed by atoms with van der Waals surface area (Å²) in [5.74, 6) is 0.884. The molecule has 0 spiro atoms. The number of fused-ring (bicyclic) bond motifs is 3. The van der Waals surface area contributed by atoms with E-state index in [-0.39, 0.29) is 0 Å². The molecule has 0 radical (unpaired) electrons. The van der Waals surface area contributed by atoms with Gasteiger partial charge in [-0.15, -0.1) is 0 Å². The summed E-state index contributed by atoms with van der Waals surface area (Å²) in [7, 11) is 0. The quantitative estimate of drug-likeness (QED) is 0.258. The zero-order valence-electron chi connectivity index (χ0n) is 20.5. The van der Waals surface area contributed by atoms with E-state index in [9.17, 15) is 0 Å². The number of aromatic nitrogens is 5. The second-order valence-corrected chi connectivity index (χ2v) is 9.86. The van der Waals surface area contributed by atoms with Crippen molar-refractivity contribution in [1.82, 2.24) is 30.7 Å². The van der Waals surface area contributed by atoms with E-state index in [2.05, 4.69) is 80.3 Å². The minimum absolute atomic E-state index is 0.518. The maximum atomic E-state index is 6.63. The van der Waals surface area contributed by atoms with Crippen LogP contribution in [-0.4, -0.2) is 44.6 Å². The Morgan fingerprint density at radius 2 is 1.51 bits per heavy atom. The van der Waals surface area contributed by atoms with Gasteiger partial charge in [0.15, 0.2) is 0 Å². The van der Waals surface area contributed by atoms with Gasteiger partial charge in [0.25, 0.3) is 0 Å². The molecule has 1 atom stereocenters. The highest BCUT2D eigenvalue weighted by Crippen LogP contribution is 2.39. The predicted octanol–water partition coefficient (Wildman–Crippen LogP) is 6.23. The summed E-state index contributed by atoms with van der Waals surface area (Å²) < 4.78 is 6.63. The number of hydrogen-bond acceptors (Lipinski definition) is 5. The lowest BCUT2D eigenvalue weighted by molar-refractivity contribution is 0.271. The van der Waals surface area contributed by atoms with Crippen LogP contribution in [0, 0.1) is 0 Å². The largest absolute Gasteiger partial charge is 0.492 e. The Morgan fingerprint density at radius 3 is 2.30 bits per heavy atom. The average Bonchev–Trinajstić information content (AvgIpc) is 3.62. The lowest BCUT2D eigenvalue weighted by Gasteiger charge is -2.24. The highest BCUT2D eigenvalue weighted by Gasteiger charge is 2.17. The van der Waals surface area contributed by atoms with Gasteiger partial charge < -0.3 is 10.1 Å². The second-order valence-electron chi connectivity index (χ2n) is 9.86. The third kappa shape index (κ3) is 4.21. The van der Waals surface area contributed by atoms with Gasteiger partial charge in [-0.2, -0.15) is 10.2 Å². The summed E-state index contributed by atoms with van der Waals surface area (Å²) in [4.78, 5) is 4.83. The molecule has 3 aromatic heterocycles. The smallest absolute Gasteiger partial charge is 0.138 e. The number of ether oxygens (including phenoxy) is 1. The highest BCUT2D eigenvalue weighted by molar-refractivity contribution is 5.97. The molecule has 3 aromatic carbocycles. The lowest BCUT2D eigenvalue weighted by Crippen LogP contribution is -2.35. The zero-order valence-corrected chi connectivity index (χ0v) is 20.5. The minimum atomic E-state index is 0.518. The molecule has 0 unspecified atom stereocenters. The normalized spacial score (nSPS) is 16.1. The molecule has 37 heavy (non-hydrogen) atoms. The van der Waals surface area contributed by atoms with Crippen molar-refractivity contribution in [3.63, 3.8) is 0 Å². The van der Waals surface area contributed by atoms with Crippen molar-refractivity contribution in [2.75, 3.05) is 13.2 Å². The first kappa shape index (κ1) is 22.0. The zero-order chi connectivity index (χ0) is 24.6. The molecule has 0 saturated carbocycles. The van der Waals surface area contributed by atoms with Gasteiger partial charge in [0, 0.05) is 34.0 Å². The molecule has 1 aliphatic heterocycles. The third-order valence-electron chi connectivity index (χ3n) is 7.47. The van der Waals surface area contributed by atoms with Gasteiger partial charge in [-0.3, -0.25) is 15.2 Å². The van der Waals surface area contributed by atoms with Gasteiger partial charge in [-0.1, -0.05) is 24.6 Å². The van der Waals surface area contributed by atoms with E-state index < -0.39 is 0 Å². The molecule has 184 valence electrons. The van der Waals surface area contributed by atoms with Crippen molar-refractivity contribution < 1.29 is 4.74 Å². The lowest BCUT2D eigenvalue weighted by atomic mass is 9.98. The van der Waals surface area contributed by atoms with Crippen LogP contribution in [0.15, 0.2) is 73.2 Å². The first-order valence-corrected chi connectivity index (χ1v) is 13.0. The molecular weight excluding hydrogens is 460 g/mol. The molecule has 0 bridgehead atoms. The number of rotatable bonds is 6. The van der Waals surface area contributed by atoms with Gasteiger partial charge in [0.1, 0.15) is 5.75 Å².